The monoisotopic (exact) mass is 413 g/mol. The number of benzene rings is 2. The second-order valence-corrected chi connectivity index (χ2v) is 7.54. The van der Waals surface area contributed by atoms with Crippen LogP contribution in [0.1, 0.15) is 31.2 Å². The molecule has 0 atom stereocenters. The molecule has 0 saturated carbocycles. The SMILES string of the molecule is CC(C)c1ccc(-c2noc(COC(=O)CSc3ccc([N+](=O)[O-])cc3)n2)cc1. The van der Waals surface area contributed by atoms with Gasteiger partial charge in [0, 0.05) is 22.6 Å². The molecule has 0 amide bonds. The number of carbonyl (C=O) groups excluding carboxylic acids is 1. The van der Waals surface area contributed by atoms with Gasteiger partial charge in [0.15, 0.2) is 6.61 Å². The van der Waals surface area contributed by atoms with Gasteiger partial charge in [-0.15, -0.1) is 11.8 Å². The zero-order valence-electron chi connectivity index (χ0n) is 15.9. The standard InChI is InChI=1S/C20H19N3O5S/c1-13(2)14-3-5-15(6-4-14)20-21-18(28-22-20)11-27-19(24)12-29-17-9-7-16(8-10-17)23(25)26/h3-10,13H,11-12H2,1-2H3. The van der Waals surface area contributed by atoms with Crippen molar-refractivity contribution in [3.05, 3.63) is 70.1 Å². The van der Waals surface area contributed by atoms with Gasteiger partial charge in [-0.1, -0.05) is 43.3 Å². The number of hydrogen-bond donors (Lipinski definition) is 0. The van der Waals surface area contributed by atoms with Crippen molar-refractivity contribution in [2.45, 2.75) is 31.3 Å². The lowest BCUT2D eigenvalue weighted by atomic mass is 10.0. The predicted octanol–water partition coefficient (Wildman–Crippen LogP) is 4.60. The van der Waals surface area contributed by atoms with Gasteiger partial charge in [-0.25, -0.2) is 0 Å². The third-order valence-corrected chi connectivity index (χ3v) is 5.05. The van der Waals surface area contributed by atoms with Crippen molar-refractivity contribution >= 4 is 23.4 Å². The van der Waals surface area contributed by atoms with Crippen LogP contribution in [0.25, 0.3) is 11.4 Å². The molecule has 1 heterocycles. The minimum absolute atomic E-state index is 0.00275. The number of nitrogens with zero attached hydrogens (tertiary/aromatic N) is 3. The number of thioether (sulfide) groups is 1. The van der Waals surface area contributed by atoms with Crippen LogP contribution in [0.2, 0.25) is 0 Å². The van der Waals surface area contributed by atoms with Gasteiger partial charge in [-0.05, 0) is 23.6 Å². The third-order valence-electron chi connectivity index (χ3n) is 4.06. The molecule has 8 nitrogen and oxygen atoms in total. The van der Waals surface area contributed by atoms with Crippen molar-refractivity contribution in [1.29, 1.82) is 0 Å². The number of non-ortho nitro benzene ring substituents is 1. The van der Waals surface area contributed by atoms with Crippen LogP contribution in [0, 0.1) is 10.1 Å². The number of rotatable bonds is 8. The van der Waals surface area contributed by atoms with Gasteiger partial charge in [-0.2, -0.15) is 4.98 Å². The van der Waals surface area contributed by atoms with E-state index in [4.69, 9.17) is 9.26 Å². The summed E-state index contributed by atoms with van der Waals surface area (Å²) in [6.07, 6.45) is 0. The molecule has 0 aliphatic carbocycles. The Kier molecular flexibility index (Phi) is 6.61. The highest BCUT2D eigenvalue weighted by Gasteiger charge is 2.12. The Hall–Kier alpha value is -3.20. The Balaban J connectivity index is 1.48. The molecule has 0 saturated heterocycles. The molecule has 0 aliphatic rings. The molecule has 0 unspecified atom stereocenters. The number of aromatic nitrogens is 2. The fourth-order valence-corrected chi connectivity index (χ4v) is 3.13. The summed E-state index contributed by atoms with van der Waals surface area (Å²) < 4.78 is 10.3. The number of esters is 1. The maximum atomic E-state index is 11.9. The third kappa shape index (κ3) is 5.64. The molecule has 3 aromatic rings. The summed E-state index contributed by atoms with van der Waals surface area (Å²) in [6, 6.07) is 13.9. The van der Waals surface area contributed by atoms with Crippen LogP contribution in [-0.2, 0) is 16.1 Å². The Morgan fingerprint density at radius 3 is 2.48 bits per heavy atom. The molecule has 0 N–H and O–H groups in total. The maximum absolute atomic E-state index is 11.9. The summed E-state index contributed by atoms with van der Waals surface area (Å²) in [5.41, 5.74) is 2.05. The molecule has 1 aromatic heterocycles. The molecule has 3 rings (SSSR count). The van der Waals surface area contributed by atoms with Crippen LogP contribution in [0.4, 0.5) is 5.69 Å². The van der Waals surface area contributed by atoms with E-state index in [1.807, 2.05) is 24.3 Å². The lowest BCUT2D eigenvalue weighted by Crippen LogP contribution is -2.07. The average Bonchev–Trinajstić information content (AvgIpc) is 3.20. The smallest absolute Gasteiger partial charge is 0.316 e. The molecule has 2 aromatic carbocycles. The normalized spacial score (nSPS) is 10.9. The zero-order chi connectivity index (χ0) is 20.8. The number of nitro benzene ring substituents is 1. The van der Waals surface area contributed by atoms with E-state index in [0.717, 1.165) is 10.5 Å². The van der Waals surface area contributed by atoms with Gasteiger partial charge in [0.25, 0.3) is 11.6 Å². The summed E-state index contributed by atoms with van der Waals surface area (Å²) in [4.78, 5) is 27.0. The van der Waals surface area contributed by atoms with Crippen LogP contribution in [0.3, 0.4) is 0 Å². The molecule has 150 valence electrons. The first kappa shape index (κ1) is 20.5. The highest BCUT2D eigenvalue weighted by Crippen LogP contribution is 2.22. The van der Waals surface area contributed by atoms with Crippen molar-refractivity contribution in [3.8, 4) is 11.4 Å². The molecule has 0 aliphatic heterocycles. The minimum Gasteiger partial charge on any atom is -0.455 e. The van der Waals surface area contributed by atoms with Crippen molar-refractivity contribution in [3.63, 3.8) is 0 Å². The molecule has 29 heavy (non-hydrogen) atoms. The predicted molar refractivity (Wildman–Crippen MR) is 107 cm³/mol. The Labute approximate surface area is 171 Å². The van der Waals surface area contributed by atoms with Crippen LogP contribution in [0.15, 0.2) is 57.9 Å². The molecular formula is C20H19N3O5S. The molecule has 0 spiro atoms. The minimum atomic E-state index is -0.472. The van der Waals surface area contributed by atoms with E-state index in [2.05, 4.69) is 24.0 Å². The summed E-state index contributed by atoms with van der Waals surface area (Å²) in [6.45, 7) is 4.13. The maximum Gasteiger partial charge on any atom is 0.316 e. The number of nitro groups is 1. The summed E-state index contributed by atoms with van der Waals surface area (Å²) in [5.74, 6) is 0.700. The quantitative estimate of drug-likeness (QED) is 0.228. The lowest BCUT2D eigenvalue weighted by molar-refractivity contribution is -0.384. The first-order valence-electron chi connectivity index (χ1n) is 8.88. The van der Waals surface area contributed by atoms with E-state index in [1.54, 1.807) is 12.1 Å². The molecule has 0 bridgehead atoms. The summed E-state index contributed by atoms with van der Waals surface area (Å²) in [5, 5.41) is 14.6. The fourth-order valence-electron chi connectivity index (χ4n) is 2.44. The molecule has 0 fully saturated rings. The van der Waals surface area contributed by atoms with Crippen LogP contribution < -0.4 is 0 Å². The van der Waals surface area contributed by atoms with Crippen LogP contribution in [-0.4, -0.2) is 26.8 Å². The fraction of sp³-hybridized carbons (Fsp3) is 0.250. The van der Waals surface area contributed by atoms with E-state index in [1.165, 1.54) is 29.5 Å². The molecule has 9 heteroatoms. The first-order valence-corrected chi connectivity index (χ1v) is 9.86. The topological polar surface area (TPSA) is 108 Å². The van der Waals surface area contributed by atoms with Crippen molar-refractivity contribution < 1.29 is 19.0 Å². The van der Waals surface area contributed by atoms with Gasteiger partial charge >= 0.3 is 5.97 Å². The molecule has 0 radical (unpaired) electrons. The van der Waals surface area contributed by atoms with Gasteiger partial charge in [-0.3, -0.25) is 14.9 Å². The second kappa shape index (κ2) is 9.33. The van der Waals surface area contributed by atoms with Crippen molar-refractivity contribution in [2.75, 3.05) is 5.75 Å². The summed E-state index contributed by atoms with van der Waals surface area (Å²) in [7, 11) is 0. The number of ether oxygens (including phenoxy) is 1. The van der Waals surface area contributed by atoms with Crippen LogP contribution >= 0.6 is 11.8 Å². The summed E-state index contributed by atoms with van der Waals surface area (Å²) >= 11 is 1.23. The van der Waals surface area contributed by atoms with Gasteiger partial charge in [0.1, 0.15) is 0 Å². The van der Waals surface area contributed by atoms with Gasteiger partial charge in [0.2, 0.25) is 5.82 Å². The highest BCUT2D eigenvalue weighted by atomic mass is 32.2. The Bertz CT molecular complexity index is 984. The van der Waals surface area contributed by atoms with E-state index in [-0.39, 0.29) is 23.9 Å². The average molecular weight is 413 g/mol. The largest absolute Gasteiger partial charge is 0.455 e. The van der Waals surface area contributed by atoms with Crippen molar-refractivity contribution in [2.24, 2.45) is 0 Å². The molecular weight excluding hydrogens is 394 g/mol. The van der Waals surface area contributed by atoms with E-state index >= 15 is 0 Å². The van der Waals surface area contributed by atoms with E-state index in [9.17, 15) is 14.9 Å². The van der Waals surface area contributed by atoms with E-state index in [0.29, 0.717) is 11.7 Å². The lowest BCUT2D eigenvalue weighted by Gasteiger charge is -2.04. The Morgan fingerprint density at radius 1 is 1.17 bits per heavy atom. The number of carbonyl (C=O) groups is 1. The second-order valence-electron chi connectivity index (χ2n) is 6.49. The Morgan fingerprint density at radius 2 is 1.86 bits per heavy atom. The van der Waals surface area contributed by atoms with E-state index < -0.39 is 10.9 Å². The van der Waals surface area contributed by atoms with Crippen molar-refractivity contribution in [1.82, 2.24) is 10.1 Å². The highest BCUT2D eigenvalue weighted by molar-refractivity contribution is 8.00. The first-order chi connectivity index (χ1) is 13.9. The van der Waals surface area contributed by atoms with Crippen LogP contribution in [0.5, 0.6) is 0 Å². The van der Waals surface area contributed by atoms with Gasteiger partial charge in [0.05, 0.1) is 10.7 Å². The van der Waals surface area contributed by atoms with Gasteiger partial charge < -0.3 is 9.26 Å². The number of hydrogen-bond acceptors (Lipinski definition) is 8. The zero-order valence-corrected chi connectivity index (χ0v) is 16.7.